The van der Waals surface area contributed by atoms with Gasteiger partial charge in [0, 0.05) is 40.3 Å². The summed E-state index contributed by atoms with van der Waals surface area (Å²) < 4.78 is 2.80. The van der Waals surface area contributed by atoms with Crippen LogP contribution in [0.3, 0.4) is 0 Å². The van der Waals surface area contributed by atoms with E-state index in [0.717, 1.165) is 51.1 Å². The van der Waals surface area contributed by atoms with Crippen molar-refractivity contribution >= 4 is 45.1 Å². The van der Waals surface area contributed by atoms with Crippen molar-refractivity contribution in [2.24, 2.45) is 5.92 Å². The number of amides is 3. The monoisotopic (exact) mass is 641 g/mol. The van der Waals surface area contributed by atoms with Crippen LogP contribution >= 0.6 is 15.9 Å². The molecular formula is C35H40BrN5O2. The molecule has 1 unspecified atom stereocenters. The van der Waals surface area contributed by atoms with Crippen LogP contribution in [-0.2, 0) is 16.6 Å². The second-order valence-electron chi connectivity index (χ2n) is 12.7. The van der Waals surface area contributed by atoms with Gasteiger partial charge in [-0.3, -0.25) is 10.1 Å². The summed E-state index contributed by atoms with van der Waals surface area (Å²) in [7, 11) is 0. The number of carbonyl (C=O) groups excluding carboxylic acids is 2. The van der Waals surface area contributed by atoms with Crippen molar-refractivity contribution < 1.29 is 9.59 Å². The van der Waals surface area contributed by atoms with Crippen LogP contribution in [0.2, 0.25) is 0 Å². The summed E-state index contributed by atoms with van der Waals surface area (Å²) >= 11 is 3.56. The van der Waals surface area contributed by atoms with Gasteiger partial charge in [0.1, 0.15) is 5.82 Å². The number of benzene rings is 3. The van der Waals surface area contributed by atoms with Crippen molar-refractivity contribution in [3.8, 4) is 5.69 Å². The number of halogens is 1. The molecule has 1 aliphatic heterocycles. The average molecular weight is 643 g/mol. The number of aromatic nitrogens is 2. The number of urea groups is 1. The predicted molar refractivity (Wildman–Crippen MR) is 178 cm³/mol. The van der Waals surface area contributed by atoms with E-state index in [4.69, 9.17) is 5.10 Å². The third-order valence-corrected chi connectivity index (χ3v) is 8.43. The Balaban J connectivity index is 1.24. The number of carbonyl (C=O) groups is 2. The Bertz CT molecular complexity index is 1610. The van der Waals surface area contributed by atoms with E-state index in [1.807, 2.05) is 54.3 Å². The molecule has 1 aromatic heterocycles. The van der Waals surface area contributed by atoms with Crippen LogP contribution in [0.4, 0.5) is 22.0 Å². The van der Waals surface area contributed by atoms with Gasteiger partial charge in [-0.15, -0.1) is 0 Å². The topological polar surface area (TPSA) is 79.3 Å². The van der Waals surface area contributed by atoms with Gasteiger partial charge in [-0.2, -0.15) is 5.10 Å². The van der Waals surface area contributed by atoms with Crippen LogP contribution in [0.1, 0.15) is 61.6 Å². The minimum absolute atomic E-state index is 0.169. The maximum Gasteiger partial charge on any atom is 0.324 e. The van der Waals surface area contributed by atoms with Crippen molar-refractivity contribution in [2.75, 3.05) is 22.1 Å². The van der Waals surface area contributed by atoms with Gasteiger partial charge >= 0.3 is 6.03 Å². The first-order valence-electron chi connectivity index (χ1n) is 14.8. The zero-order chi connectivity index (χ0) is 30.9. The molecule has 3 aromatic carbocycles. The fourth-order valence-corrected chi connectivity index (χ4v) is 6.37. The average Bonchev–Trinajstić information content (AvgIpc) is 3.35. The SMILES string of the molecule is Cc1ccc(-n2nc(C(C)(C)C)cc2NC(=O)Nc2ccc(CC3CCC(=O)N(c4c(C)cc(Br)cc4C)C3)cc2)cc1. The molecule has 4 aromatic rings. The normalized spacial score (nSPS) is 15.5. The second-order valence-corrected chi connectivity index (χ2v) is 13.6. The number of hydrogen-bond donors (Lipinski definition) is 2. The molecule has 0 radical (unpaired) electrons. The summed E-state index contributed by atoms with van der Waals surface area (Å²) in [6.45, 7) is 13.2. The van der Waals surface area contributed by atoms with E-state index in [0.29, 0.717) is 30.4 Å². The first-order chi connectivity index (χ1) is 20.4. The molecule has 5 rings (SSSR count). The van der Waals surface area contributed by atoms with E-state index in [9.17, 15) is 9.59 Å². The van der Waals surface area contributed by atoms with Crippen LogP contribution in [0.5, 0.6) is 0 Å². The minimum Gasteiger partial charge on any atom is -0.312 e. The van der Waals surface area contributed by atoms with Gasteiger partial charge in [-0.25, -0.2) is 9.48 Å². The summed E-state index contributed by atoms with van der Waals surface area (Å²) in [4.78, 5) is 27.9. The fraction of sp³-hybridized carbons (Fsp3) is 0.343. The zero-order valence-electron chi connectivity index (χ0n) is 25.8. The van der Waals surface area contributed by atoms with Crippen LogP contribution in [0.25, 0.3) is 5.69 Å². The van der Waals surface area contributed by atoms with Crippen molar-refractivity contribution in [1.82, 2.24) is 9.78 Å². The van der Waals surface area contributed by atoms with E-state index >= 15 is 0 Å². The second kappa shape index (κ2) is 12.4. The summed E-state index contributed by atoms with van der Waals surface area (Å²) in [5.74, 6) is 1.16. The number of nitrogens with zero attached hydrogens (tertiary/aromatic N) is 3. The number of aryl methyl sites for hydroxylation is 3. The lowest BCUT2D eigenvalue weighted by molar-refractivity contribution is -0.120. The standard InChI is InChI=1S/C35H40BrN5O2/c1-22-7-14-29(15-8-22)41-31(20-30(39-41)35(4,5)6)38-34(43)37-28-12-9-25(10-13-28)19-26-11-16-32(42)40(21-26)33-23(2)17-27(36)18-24(33)3/h7-10,12-15,17-18,20,26H,11,16,19,21H2,1-6H3,(H2,37,38,43). The first kappa shape index (κ1) is 30.5. The minimum atomic E-state index is -0.330. The predicted octanol–water partition coefficient (Wildman–Crippen LogP) is 8.49. The molecule has 7 nitrogen and oxygen atoms in total. The van der Waals surface area contributed by atoms with Gasteiger partial charge in [0.05, 0.1) is 11.4 Å². The van der Waals surface area contributed by atoms with Crippen LogP contribution in [0, 0.1) is 26.7 Å². The fourth-order valence-electron chi connectivity index (χ4n) is 5.68. The summed E-state index contributed by atoms with van der Waals surface area (Å²) in [6, 6.07) is 21.8. The van der Waals surface area contributed by atoms with E-state index in [1.165, 1.54) is 5.56 Å². The largest absolute Gasteiger partial charge is 0.324 e. The summed E-state index contributed by atoms with van der Waals surface area (Å²) in [6.07, 6.45) is 2.29. The van der Waals surface area contributed by atoms with E-state index in [2.05, 4.69) is 85.4 Å². The molecule has 0 spiro atoms. The first-order valence-corrected chi connectivity index (χ1v) is 15.6. The van der Waals surface area contributed by atoms with Gasteiger partial charge in [0.15, 0.2) is 0 Å². The lowest BCUT2D eigenvalue weighted by atomic mass is 9.90. The van der Waals surface area contributed by atoms with Gasteiger partial charge in [0.2, 0.25) is 5.91 Å². The van der Waals surface area contributed by atoms with Crippen LogP contribution < -0.4 is 15.5 Å². The number of rotatable bonds is 6. The molecule has 1 fully saturated rings. The Morgan fingerprint density at radius 3 is 2.23 bits per heavy atom. The Morgan fingerprint density at radius 1 is 0.953 bits per heavy atom. The molecule has 0 saturated carbocycles. The summed E-state index contributed by atoms with van der Waals surface area (Å²) in [5, 5.41) is 10.8. The maximum absolute atomic E-state index is 13.1. The van der Waals surface area contributed by atoms with Gasteiger partial charge < -0.3 is 10.2 Å². The van der Waals surface area contributed by atoms with Crippen molar-refractivity contribution in [3.05, 3.63) is 99.2 Å². The highest BCUT2D eigenvalue weighted by atomic mass is 79.9. The quantitative estimate of drug-likeness (QED) is 0.222. The highest BCUT2D eigenvalue weighted by molar-refractivity contribution is 9.10. The molecule has 1 saturated heterocycles. The lowest BCUT2D eigenvalue weighted by Crippen LogP contribution is -2.41. The Hall–Kier alpha value is -3.91. The van der Waals surface area contributed by atoms with Crippen LogP contribution in [-0.4, -0.2) is 28.3 Å². The molecular weight excluding hydrogens is 602 g/mol. The van der Waals surface area contributed by atoms with Gasteiger partial charge in [0.25, 0.3) is 0 Å². The zero-order valence-corrected chi connectivity index (χ0v) is 27.4. The van der Waals surface area contributed by atoms with Gasteiger partial charge in [-0.05, 0) is 92.6 Å². The molecule has 224 valence electrons. The van der Waals surface area contributed by atoms with Gasteiger partial charge in [-0.1, -0.05) is 66.5 Å². The van der Waals surface area contributed by atoms with E-state index in [1.54, 1.807) is 4.68 Å². The molecule has 2 heterocycles. The molecule has 0 bridgehead atoms. The van der Waals surface area contributed by atoms with E-state index < -0.39 is 0 Å². The molecule has 1 atom stereocenters. The lowest BCUT2D eigenvalue weighted by Gasteiger charge is -2.34. The number of nitrogens with one attached hydrogen (secondary N) is 2. The highest BCUT2D eigenvalue weighted by Crippen LogP contribution is 2.33. The Morgan fingerprint density at radius 2 is 1.60 bits per heavy atom. The van der Waals surface area contributed by atoms with Crippen molar-refractivity contribution in [1.29, 1.82) is 0 Å². The number of hydrogen-bond acceptors (Lipinski definition) is 3. The van der Waals surface area contributed by atoms with Crippen molar-refractivity contribution in [3.63, 3.8) is 0 Å². The maximum atomic E-state index is 13.1. The van der Waals surface area contributed by atoms with E-state index in [-0.39, 0.29) is 17.4 Å². The third kappa shape index (κ3) is 7.19. The van der Waals surface area contributed by atoms with Crippen LogP contribution in [0.15, 0.2) is 71.2 Å². The Labute approximate surface area is 262 Å². The molecule has 1 aliphatic rings. The number of anilines is 3. The number of piperidine rings is 1. The molecule has 0 aliphatic carbocycles. The third-order valence-electron chi connectivity index (χ3n) is 7.97. The highest BCUT2D eigenvalue weighted by Gasteiger charge is 2.29. The molecule has 43 heavy (non-hydrogen) atoms. The smallest absolute Gasteiger partial charge is 0.312 e. The molecule has 3 amide bonds. The Kier molecular flexibility index (Phi) is 8.79. The molecule has 8 heteroatoms. The summed E-state index contributed by atoms with van der Waals surface area (Å²) in [5.41, 5.74) is 7.89. The molecule has 2 N–H and O–H groups in total. The van der Waals surface area contributed by atoms with Crippen molar-refractivity contribution in [2.45, 2.75) is 66.2 Å².